The molecular weight excluding hydrogens is 198 g/mol. The fourth-order valence-electron chi connectivity index (χ4n) is 1.39. The zero-order valence-corrected chi connectivity index (χ0v) is 9.86. The summed E-state index contributed by atoms with van der Waals surface area (Å²) < 4.78 is 0. The second-order valence-electron chi connectivity index (χ2n) is 3.51. The highest BCUT2D eigenvalue weighted by molar-refractivity contribution is 5.75. The Balaban J connectivity index is 2.65. The van der Waals surface area contributed by atoms with Crippen molar-refractivity contribution in [2.24, 2.45) is 0 Å². The molecule has 0 saturated carbocycles. The highest BCUT2D eigenvalue weighted by Gasteiger charge is 1.94. The Morgan fingerprint density at radius 2 is 2.06 bits per heavy atom. The van der Waals surface area contributed by atoms with Gasteiger partial charge in [0, 0.05) is 11.1 Å². The summed E-state index contributed by atoms with van der Waals surface area (Å²) in [6.07, 6.45) is 0.843. The molecule has 84 valence electrons. The van der Waals surface area contributed by atoms with E-state index in [1.807, 2.05) is 18.2 Å². The van der Waals surface area contributed by atoms with Crippen LogP contribution in [0, 0.1) is 11.8 Å². The Labute approximate surface area is 97.3 Å². The van der Waals surface area contributed by atoms with Crippen LogP contribution in [0.25, 0.3) is 0 Å². The number of hydrogen-bond acceptors (Lipinski definition) is 2. The molecule has 0 radical (unpaired) electrons. The molecule has 1 rings (SSSR count). The number of nitrogens with zero attached hydrogens (tertiary/aromatic N) is 1. The maximum atomic E-state index is 10.6. The maximum Gasteiger partial charge on any atom is 0.150 e. The standard InChI is InChI=1S/C14H17NO/c1-3-15(4-2)10-6-9-13-7-5-8-14(11-13)12-16/h5,7-8,11-12H,3-4,10H2,1-2H3. The minimum atomic E-state index is 0.676. The second kappa shape index (κ2) is 6.81. The van der Waals surface area contributed by atoms with Gasteiger partial charge < -0.3 is 0 Å². The third kappa shape index (κ3) is 3.88. The molecule has 1 aromatic rings. The summed E-state index contributed by atoms with van der Waals surface area (Å²) >= 11 is 0. The van der Waals surface area contributed by atoms with Crippen molar-refractivity contribution < 1.29 is 4.79 Å². The van der Waals surface area contributed by atoms with E-state index in [1.54, 1.807) is 6.07 Å². The van der Waals surface area contributed by atoms with E-state index in [4.69, 9.17) is 0 Å². The van der Waals surface area contributed by atoms with Gasteiger partial charge in [-0.2, -0.15) is 0 Å². The number of aldehydes is 1. The minimum Gasteiger partial charge on any atom is -0.298 e. The van der Waals surface area contributed by atoms with Crippen molar-refractivity contribution in [2.45, 2.75) is 13.8 Å². The first kappa shape index (κ1) is 12.5. The molecular formula is C14H17NO. The van der Waals surface area contributed by atoms with Gasteiger partial charge in [0.05, 0.1) is 6.54 Å². The van der Waals surface area contributed by atoms with Crippen LogP contribution in [-0.2, 0) is 0 Å². The summed E-state index contributed by atoms with van der Waals surface area (Å²) in [7, 11) is 0. The fraction of sp³-hybridized carbons (Fsp3) is 0.357. The summed E-state index contributed by atoms with van der Waals surface area (Å²) in [6.45, 7) is 7.05. The van der Waals surface area contributed by atoms with E-state index < -0.39 is 0 Å². The zero-order valence-electron chi connectivity index (χ0n) is 9.86. The third-order valence-electron chi connectivity index (χ3n) is 2.45. The Hall–Kier alpha value is -1.59. The SMILES string of the molecule is CCN(CC)CC#Cc1cccc(C=O)c1. The molecule has 0 saturated heterocycles. The zero-order chi connectivity index (χ0) is 11.8. The highest BCUT2D eigenvalue weighted by atomic mass is 16.1. The van der Waals surface area contributed by atoms with Crippen LogP contribution in [0.3, 0.4) is 0 Å². The van der Waals surface area contributed by atoms with Gasteiger partial charge >= 0.3 is 0 Å². The molecule has 1 aromatic carbocycles. The van der Waals surface area contributed by atoms with Gasteiger partial charge in [0.1, 0.15) is 6.29 Å². The molecule has 0 bridgehead atoms. The lowest BCUT2D eigenvalue weighted by atomic mass is 10.1. The Bertz CT molecular complexity index is 397. The normalized spacial score (nSPS) is 9.69. The van der Waals surface area contributed by atoms with Crippen LogP contribution in [0.5, 0.6) is 0 Å². The van der Waals surface area contributed by atoms with E-state index in [2.05, 4.69) is 30.6 Å². The largest absolute Gasteiger partial charge is 0.298 e. The Morgan fingerprint density at radius 3 is 2.69 bits per heavy atom. The molecule has 0 heterocycles. The van der Waals surface area contributed by atoms with Crippen LogP contribution in [-0.4, -0.2) is 30.8 Å². The van der Waals surface area contributed by atoms with Gasteiger partial charge in [0.15, 0.2) is 0 Å². The molecule has 16 heavy (non-hydrogen) atoms. The number of hydrogen-bond donors (Lipinski definition) is 0. The van der Waals surface area contributed by atoms with Crippen LogP contribution in [0.2, 0.25) is 0 Å². The van der Waals surface area contributed by atoms with Gasteiger partial charge in [-0.15, -0.1) is 0 Å². The predicted molar refractivity (Wildman–Crippen MR) is 66.5 cm³/mol. The first-order valence-corrected chi connectivity index (χ1v) is 5.56. The van der Waals surface area contributed by atoms with E-state index in [0.29, 0.717) is 5.56 Å². The van der Waals surface area contributed by atoms with E-state index >= 15 is 0 Å². The second-order valence-corrected chi connectivity index (χ2v) is 3.51. The van der Waals surface area contributed by atoms with E-state index in [1.165, 1.54) is 0 Å². The van der Waals surface area contributed by atoms with Gasteiger partial charge in [-0.3, -0.25) is 9.69 Å². The molecule has 0 fully saturated rings. The molecule has 0 unspecified atom stereocenters. The van der Waals surface area contributed by atoms with Crippen molar-refractivity contribution in [2.75, 3.05) is 19.6 Å². The topological polar surface area (TPSA) is 20.3 Å². The lowest BCUT2D eigenvalue weighted by molar-refractivity contribution is 0.112. The molecule has 0 aromatic heterocycles. The van der Waals surface area contributed by atoms with Crippen LogP contribution < -0.4 is 0 Å². The molecule has 0 aliphatic heterocycles. The van der Waals surface area contributed by atoms with Crippen molar-refractivity contribution in [3.05, 3.63) is 35.4 Å². The molecule has 0 amide bonds. The number of carbonyl (C=O) groups excluding carboxylic acids is 1. The quantitative estimate of drug-likeness (QED) is 0.567. The van der Waals surface area contributed by atoms with Crippen molar-refractivity contribution >= 4 is 6.29 Å². The molecule has 0 N–H and O–H groups in total. The van der Waals surface area contributed by atoms with Gasteiger partial charge in [-0.1, -0.05) is 37.8 Å². The van der Waals surface area contributed by atoms with E-state index in [9.17, 15) is 4.79 Å². The Morgan fingerprint density at radius 1 is 1.31 bits per heavy atom. The predicted octanol–water partition coefficient (Wildman–Crippen LogP) is 2.19. The third-order valence-corrected chi connectivity index (χ3v) is 2.45. The van der Waals surface area contributed by atoms with Gasteiger partial charge in [-0.25, -0.2) is 0 Å². The monoisotopic (exact) mass is 215 g/mol. The molecule has 0 spiro atoms. The number of carbonyl (C=O) groups is 1. The fourth-order valence-corrected chi connectivity index (χ4v) is 1.39. The molecule has 0 atom stereocenters. The maximum absolute atomic E-state index is 10.6. The summed E-state index contributed by atoms with van der Waals surface area (Å²) in [5, 5.41) is 0. The van der Waals surface area contributed by atoms with Crippen LogP contribution >= 0.6 is 0 Å². The smallest absolute Gasteiger partial charge is 0.150 e. The van der Waals surface area contributed by atoms with Gasteiger partial charge in [0.2, 0.25) is 0 Å². The number of rotatable bonds is 4. The minimum absolute atomic E-state index is 0.676. The summed E-state index contributed by atoms with van der Waals surface area (Å²) in [5.74, 6) is 6.18. The van der Waals surface area contributed by atoms with E-state index in [-0.39, 0.29) is 0 Å². The summed E-state index contributed by atoms with van der Waals surface area (Å²) in [4.78, 5) is 12.8. The number of benzene rings is 1. The van der Waals surface area contributed by atoms with Gasteiger partial charge in [-0.05, 0) is 25.2 Å². The molecule has 2 heteroatoms. The summed E-state index contributed by atoms with van der Waals surface area (Å²) in [6, 6.07) is 7.36. The summed E-state index contributed by atoms with van der Waals surface area (Å²) in [5.41, 5.74) is 1.58. The average molecular weight is 215 g/mol. The first-order valence-electron chi connectivity index (χ1n) is 5.56. The van der Waals surface area contributed by atoms with Crippen molar-refractivity contribution in [3.8, 4) is 11.8 Å². The highest BCUT2D eigenvalue weighted by Crippen LogP contribution is 2.01. The van der Waals surface area contributed by atoms with Crippen LogP contribution in [0.4, 0.5) is 0 Å². The molecule has 0 aliphatic carbocycles. The van der Waals surface area contributed by atoms with Crippen LogP contribution in [0.15, 0.2) is 24.3 Å². The first-order chi connectivity index (χ1) is 7.80. The molecule has 0 aliphatic rings. The van der Waals surface area contributed by atoms with Crippen LogP contribution in [0.1, 0.15) is 29.8 Å². The Kier molecular flexibility index (Phi) is 5.31. The molecule has 2 nitrogen and oxygen atoms in total. The lowest BCUT2D eigenvalue weighted by Crippen LogP contribution is -2.22. The van der Waals surface area contributed by atoms with Crippen molar-refractivity contribution in [1.29, 1.82) is 0 Å². The van der Waals surface area contributed by atoms with Crippen molar-refractivity contribution in [3.63, 3.8) is 0 Å². The van der Waals surface area contributed by atoms with Crippen molar-refractivity contribution in [1.82, 2.24) is 4.90 Å². The average Bonchev–Trinajstić information content (AvgIpc) is 2.35. The van der Waals surface area contributed by atoms with Gasteiger partial charge in [0.25, 0.3) is 0 Å². The van der Waals surface area contributed by atoms with E-state index in [0.717, 1.165) is 31.5 Å². The lowest BCUT2D eigenvalue weighted by Gasteiger charge is -2.13.